The molecule has 196 valence electrons. The lowest BCUT2D eigenvalue weighted by Crippen LogP contribution is -2.39. The summed E-state index contributed by atoms with van der Waals surface area (Å²) >= 11 is 0. The van der Waals surface area contributed by atoms with Crippen LogP contribution in [0, 0.1) is 6.92 Å². The van der Waals surface area contributed by atoms with Gasteiger partial charge in [0.2, 0.25) is 11.8 Å². The number of benzene rings is 1. The second-order valence-corrected chi connectivity index (χ2v) is 9.37. The van der Waals surface area contributed by atoms with Gasteiger partial charge in [0.15, 0.2) is 11.6 Å². The maximum atomic E-state index is 13.8. The Morgan fingerprint density at radius 2 is 1.89 bits per heavy atom. The van der Waals surface area contributed by atoms with Crippen LogP contribution < -0.4 is 24.6 Å². The van der Waals surface area contributed by atoms with Crippen molar-refractivity contribution in [3.05, 3.63) is 59.4 Å². The van der Waals surface area contributed by atoms with Crippen LogP contribution >= 0.6 is 0 Å². The van der Waals surface area contributed by atoms with E-state index < -0.39 is 17.8 Å². The molecule has 5 rings (SSSR count). The first-order chi connectivity index (χ1) is 17.7. The van der Waals surface area contributed by atoms with Crippen LogP contribution in [0.15, 0.2) is 42.7 Å². The van der Waals surface area contributed by atoms with E-state index in [4.69, 9.17) is 9.47 Å². The fourth-order valence-electron chi connectivity index (χ4n) is 4.89. The Labute approximate surface area is 213 Å². The minimum absolute atomic E-state index is 0.0734. The third kappa shape index (κ3) is 5.21. The Hall–Kier alpha value is -3.76. The number of halogens is 3. The lowest BCUT2D eigenvalue weighted by atomic mass is 9.96. The van der Waals surface area contributed by atoms with Crippen LogP contribution in [0.4, 0.5) is 30.6 Å². The number of anilines is 3. The standard InChI is InChI=1S/C26H29F3N6O2/c1-16-4-5-19(20(12-16)26(27,28)29)21-15-37-22-14-31-25(33-24(22)34(21)2)32-17-7-10-35(11-8-17)18-6-9-30-23(13-18)36-3/h4-6,9,12-14,17,21H,7-8,10-11,15H2,1-3H3,(H,31,32,33). The zero-order valence-electron chi connectivity index (χ0n) is 20.9. The van der Waals surface area contributed by atoms with E-state index in [1.54, 1.807) is 44.4 Å². The number of hydrogen-bond donors (Lipinski definition) is 1. The normalized spacial score (nSPS) is 18.3. The van der Waals surface area contributed by atoms with E-state index in [1.807, 2.05) is 12.1 Å². The van der Waals surface area contributed by atoms with Crippen molar-refractivity contribution in [1.29, 1.82) is 0 Å². The van der Waals surface area contributed by atoms with Gasteiger partial charge >= 0.3 is 6.18 Å². The van der Waals surface area contributed by atoms with Gasteiger partial charge in [0, 0.05) is 44.1 Å². The van der Waals surface area contributed by atoms with Crippen LogP contribution in [0.1, 0.15) is 35.6 Å². The Kier molecular flexibility index (Phi) is 6.70. The average Bonchev–Trinajstić information content (AvgIpc) is 2.89. The molecule has 1 saturated heterocycles. The first-order valence-corrected chi connectivity index (χ1v) is 12.1. The molecule has 1 aromatic carbocycles. The second kappa shape index (κ2) is 9.95. The summed E-state index contributed by atoms with van der Waals surface area (Å²) in [6, 6.07) is 7.82. The van der Waals surface area contributed by atoms with E-state index in [1.165, 1.54) is 12.1 Å². The number of methoxy groups -OCH3 is 1. The van der Waals surface area contributed by atoms with Crippen molar-refractivity contribution in [2.45, 2.75) is 38.0 Å². The number of hydrogen-bond acceptors (Lipinski definition) is 8. The molecular formula is C26H29F3N6O2. The van der Waals surface area contributed by atoms with Gasteiger partial charge in [-0.05, 0) is 37.5 Å². The van der Waals surface area contributed by atoms with Crippen molar-refractivity contribution < 1.29 is 22.6 Å². The van der Waals surface area contributed by atoms with Gasteiger partial charge in [-0.15, -0.1) is 0 Å². The van der Waals surface area contributed by atoms with Gasteiger partial charge in [0.25, 0.3) is 0 Å². The largest absolute Gasteiger partial charge is 0.486 e. The Morgan fingerprint density at radius 1 is 1.11 bits per heavy atom. The summed E-state index contributed by atoms with van der Waals surface area (Å²) in [7, 11) is 3.34. The average molecular weight is 515 g/mol. The van der Waals surface area contributed by atoms with Crippen LogP contribution in [-0.4, -0.2) is 54.8 Å². The van der Waals surface area contributed by atoms with Crippen LogP contribution in [0.5, 0.6) is 11.6 Å². The highest BCUT2D eigenvalue weighted by molar-refractivity contribution is 5.58. The van der Waals surface area contributed by atoms with Crippen molar-refractivity contribution >= 4 is 17.5 Å². The lowest BCUT2D eigenvalue weighted by Gasteiger charge is -2.36. The molecule has 1 fully saturated rings. The molecule has 37 heavy (non-hydrogen) atoms. The van der Waals surface area contributed by atoms with Crippen LogP contribution in [0.3, 0.4) is 0 Å². The van der Waals surface area contributed by atoms with Crippen LogP contribution in [0.25, 0.3) is 0 Å². The van der Waals surface area contributed by atoms with E-state index in [2.05, 4.69) is 25.2 Å². The molecule has 1 N–H and O–H groups in total. The minimum atomic E-state index is -4.46. The molecule has 2 aliphatic rings. The molecule has 0 bridgehead atoms. The second-order valence-electron chi connectivity index (χ2n) is 9.37. The highest BCUT2D eigenvalue weighted by Gasteiger charge is 2.38. The number of ether oxygens (including phenoxy) is 2. The molecule has 0 radical (unpaired) electrons. The maximum absolute atomic E-state index is 13.8. The van der Waals surface area contributed by atoms with E-state index in [0.717, 1.165) is 31.6 Å². The fraction of sp³-hybridized carbons (Fsp3) is 0.423. The van der Waals surface area contributed by atoms with E-state index in [-0.39, 0.29) is 18.2 Å². The molecule has 11 heteroatoms. The molecule has 2 aromatic heterocycles. The zero-order chi connectivity index (χ0) is 26.2. The van der Waals surface area contributed by atoms with Gasteiger partial charge in [-0.2, -0.15) is 18.2 Å². The Bertz CT molecular complexity index is 1260. The smallest absolute Gasteiger partial charge is 0.416 e. The number of pyridine rings is 1. The van der Waals surface area contributed by atoms with Crippen molar-refractivity contribution in [3.8, 4) is 11.6 Å². The summed E-state index contributed by atoms with van der Waals surface area (Å²) in [5.74, 6) is 1.92. The van der Waals surface area contributed by atoms with Crippen molar-refractivity contribution in [3.63, 3.8) is 0 Å². The summed E-state index contributed by atoms with van der Waals surface area (Å²) in [5.41, 5.74) is 1.13. The van der Waals surface area contributed by atoms with Gasteiger partial charge in [0.05, 0.1) is 24.9 Å². The first kappa shape index (κ1) is 24.9. The summed E-state index contributed by atoms with van der Waals surface area (Å²) in [5, 5.41) is 3.40. The molecule has 2 aliphatic heterocycles. The fourth-order valence-corrected chi connectivity index (χ4v) is 4.89. The summed E-state index contributed by atoms with van der Waals surface area (Å²) in [4.78, 5) is 17.2. The first-order valence-electron chi connectivity index (χ1n) is 12.1. The molecule has 0 amide bonds. The monoisotopic (exact) mass is 514 g/mol. The Balaban J connectivity index is 1.29. The van der Waals surface area contributed by atoms with Crippen molar-refractivity contribution in [2.75, 3.05) is 49.0 Å². The molecule has 4 heterocycles. The number of nitrogens with zero attached hydrogens (tertiary/aromatic N) is 5. The molecule has 0 saturated carbocycles. The number of aromatic nitrogens is 3. The number of fused-ring (bicyclic) bond motifs is 1. The highest BCUT2D eigenvalue weighted by atomic mass is 19.4. The number of piperidine rings is 1. The number of aryl methyl sites for hydroxylation is 1. The lowest BCUT2D eigenvalue weighted by molar-refractivity contribution is -0.138. The molecular weight excluding hydrogens is 485 g/mol. The predicted octanol–water partition coefficient (Wildman–Crippen LogP) is 4.86. The Morgan fingerprint density at radius 3 is 2.62 bits per heavy atom. The highest BCUT2D eigenvalue weighted by Crippen LogP contribution is 2.42. The van der Waals surface area contributed by atoms with Crippen molar-refractivity contribution in [1.82, 2.24) is 15.0 Å². The predicted molar refractivity (Wildman–Crippen MR) is 134 cm³/mol. The molecule has 3 aromatic rings. The molecule has 8 nitrogen and oxygen atoms in total. The third-order valence-electron chi connectivity index (χ3n) is 6.93. The van der Waals surface area contributed by atoms with Gasteiger partial charge in [-0.25, -0.2) is 9.97 Å². The third-order valence-corrected chi connectivity index (χ3v) is 6.93. The van der Waals surface area contributed by atoms with E-state index in [0.29, 0.717) is 29.0 Å². The summed E-state index contributed by atoms with van der Waals surface area (Å²) < 4.78 is 52.4. The number of rotatable bonds is 5. The van der Waals surface area contributed by atoms with Gasteiger partial charge in [-0.1, -0.05) is 17.7 Å². The van der Waals surface area contributed by atoms with Crippen LogP contribution in [0.2, 0.25) is 0 Å². The zero-order valence-corrected chi connectivity index (χ0v) is 20.9. The summed E-state index contributed by atoms with van der Waals surface area (Å²) in [6.45, 7) is 3.41. The van der Waals surface area contributed by atoms with Gasteiger partial charge < -0.3 is 24.6 Å². The number of likely N-dealkylation sites (N-methyl/N-ethyl adjacent to an activating group) is 1. The molecule has 0 aliphatic carbocycles. The molecule has 1 atom stereocenters. The SMILES string of the molecule is COc1cc(N2CCC(Nc3ncc4c(n3)N(C)C(c3ccc(C)cc3C(F)(F)F)CO4)CC2)ccn1. The van der Waals surface area contributed by atoms with E-state index >= 15 is 0 Å². The quantitative estimate of drug-likeness (QED) is 0.518. The van der Waals surface area contributed by atoms with Crippen molar-refractivity contribution in [2.24, 2.45) is 0 Å². The number of nitrogens with one attached hydrogen (secondary N) is 1. The topological polar surface area (TPSA) is 75.6 Å². The molecule has 0 spiro atoms. The van der Waals surface area contributed by atoms with Gasteiger partial charge in [0.1, 0.15) is 6.61 Å². The summed E-state index contributed by atoms with van der Waals surface area (Å²) in [6.07, 6.45) is 0.600. The minimum Gasteiger partial charge on any atom is -0.486 e. The van der Waals surface area contributed by atoms with E-state index in [9.17, 15) is 13.2 Å². The number of alkyl halides is 3. The maximum Gasteiger partial charge on any atom is 0.416 e. The molecule has 1 unspecified atom stereocenters. The van der Waals surface area contributed by atoms with Crippen LogP contribution in [-0.2, 0) is 6.18 Å². The van der Waals surface area contributed by atoms with Gasteiger partial charge in [-0.3, -0.25) is 0 Å².